The fourth-order valence-corrected chi connectivity index (χ4v) is 2.16. The molecule has 2 N–H and O–H groups in total. The number of hydrogen-bond donors (Lipinski definition) is 2. The number of rotatable bonds is 6. The summed E-state index contributed by atoms with van der Waals surface area (Å²) in [5.74, 6) is -0.00300. The van der Waals surface area contributed by atoms with Crippen LogP contribution in [0.2, 0.25) is 0 Å². The normalized spacial score (nSPS) is 10.4. The van der Waals surface area contributed by atoms with E-state index in [2.05, 4.69) is 22.8 Å². The van der Waals surface area contributed by atoms with Gasteiger partial charge in [-0.15, -0.1) is 0 Å². The van der Waals surface area contributed by atoms with Crippen LogP contribution in [0, 0.1) is 13.8 Å². The van der Waals surface area contributed by atoms with Crippen LogP contribution in [0.4, 0.5) is 5.69 Å². The Bertz CT molecular complexity index is 593. The van der Waals surface area contributed by atoms with Gasteiger partial charge in [-0.05, 0) is 49.6 Å². The van der Waals surface area contributed by atoms with E-state index in [-0.39, 0.29) is 5.91 Å². The Morgan fingerprint density at radius 1 is 1.00 bits per heavy atom. The number of benzene rings is 2. The van der Waals surface area contributed by atoms with Crippen LogP contribution in [0.5, 0.6) is 0 Å². The van der Waals surface area contributed by atoms with Gasteiger partial charge in [0.15, 0.2) is 0 Å². The maximum Gasteiger partial charge on any atom is 0.238 e. The summed E-state index contributed by atoms with van der Waals surface area (Å²) >= 11 is 0. The van der Waals surface area contributed by atoms with Crippen LogP contribution < -0.4 is 10.6 Å². The van der Waals surface area contributed by atoms with Crippen molar-refractivity contribution in [1.82, 2.24) is 5.32 Å². The minimum Gasteiger partial charge on any atom is -0.325 e. The predicted molar refractivity (Wildman–Crippen MR) is 87.6 cm³/mol. The maximum absolute atomic E-state index is 11.9. The Hall–Kier alpha value is -2.13. The molecule has 0 bridgehead atoms. The second kappa shape index (κ2) is 7.60. The van der Waals surface area contributed by atoms with Gasteiger partial charge in [-0.1, -0.05) is 42.5 Å². The van der Waals surface area contributed by atoms with Gasteiger partial charge in [0.1, 0.15) is 0 Å². The molecule has 3 heteroatoms. The van der Waals surface area contributed by atoms with Crippen LogP contribution >= 0.6 is 0 Å². The standard InChI is InChI=1S/C18H22N2O/c1-14-7-6-10-17(15(14)2)20-18(21)13-19-12-11-16-8-4-3-5-9-16/h3-10,19H,11-13H2,1-2H3,(H,20,21). The number of aryl methyl sites for hydroxylation is 1. The molecule has 110 valence electrons. The third-order valence-corrected chi connectivity index (χ3v) is 3.60. The number of anilines is 1. The minimum atomic E-state index is -0.00300. The van der Waals surface area contributed by atoms with Crippen molar-refractivity contribution >= 4 is 11.6 Å². The predicted octanol–water partition coefficient (Wildman–Crippen LogP) is 3.07. The molecule has 0 aromatic heterocycles. The van der Waals surface area contributed by atoms with Gasteiger partial charge < -0.3 is 10.6 Å². The van der Waals surface area contributed by atoms with Crippen molar-refractivity contribution < 1.29 is 4.79 Å². The first-order chi connectivity index (χ1) is 10.2. The van der Waals surface area contributed by atoms with Crippen molar-refractivity contribution in [2.24, 2.45) is 0 Å². The Morgan fingerprint density at radius 3 is 2.52 bits per heavy atom. The molecule has 0 fully saturated rings. The molecule has 2 rings (SSSR count). The lowest BCUT2D eigenvalue weighted by Gasteiger charge is -2.11. The van der Waals surface area contributed by atoms with Crippen LogP contribution in [-0.2, 0) is 11.2 Å². The van der Waals surface area contributed by atoms with Crippen molar-refractivity contribution in [2.75, 3.05) is 18.4 Å². The van der Waals surface area contributed by atoms with Gasteiger partial charge in [0.25, 0.3) is 0 Å². The van der Waals surface area contributed by atoms with Gasteiger partial charge in [-0.3, -0.25) is 4.79 Å². The lowest BCUT2D eigenvalue weighted by atomic mass is 10.1. The molecule has 21 heavy (non-hydrogen) atoms. The van der Waals surface area contributed by atoms with E-state index in [9.17, 15) is 4.79 Å². The SMILES string of the molecule is Cc1cccc(NC(=O)CNCCc2ccccc2)c1C. The first kappa shape index (κ1) is 15.3. The highest BCUT2D eigenvalue weighted by molar-refractivity contribution is 5.93. The van der Waals surface area contributed by atoms with Gasteiger partial charge in [0.2, 0.25) is 5.91 Å². The number of amides is 1. The molecule has 0 aliphatic carbocycles. The highest BCUT2D eigenvalue weighted by Crippen LogP contribution is 2.17. The first-order valence-corrected chi connectivity index (χ1v) is 7.27. The van der Waals surface area contributed by atoms with Crippen molar-refractivity contribution in [3.63, 3.8) is 0 Å². The summed E-state index contributed by atoms with van der Waals surface area (Å²) in [5.41, 5.74) is 4.48. The quantitative estimate of drug-likeness (QED) is 0.799. The molecular weight excluding hydrogens is 260 g/mol. The lowest BCUT2D eigenvalue weighted by Crippen LogP contribution is -2.29. The maximum atomic E-state index is 11.9. The van der Waals surface area contributed by atoms with Crippen molar-refractivity contribution in [3.05, 3.63) is 65.2 Å². The third kappa shape index (κ3) is 4.72. The average Bonchev–Trinajstić information content (AvgIpc) is 2.49. The molecule has 0 saturated carbocycles. The summed E-state index contributed by atoms with van der Waals surface area (Å²) in [4.78, 5) is 11.9. The van der Waals surface area contributed by atoms with E-state index < -0.39 is 0 Å². The highest BCUT2D eigenvalue weighted by Gasteiger charge is 2.05. The molecule has 0 aliphatic rings. The fraction of sp³-hybridized carbons (Fsp3) is 0.278. The number of hydrogen-bond acceptors (Lipinski definition) is 2. The van der Waals surface area contributed by atoms with E-state index in [0.717, 1.165) is 24.2 Å². The Labute approximate surface area is 126 Å². The number of carbonyl (C=O) groups excluding carboxylic acids is 1. The first-order valence-electron chi connectivity index (χ1n) is 7.27. The summed E-state index contributed by atoms with van der Waals surface area (Å²) < 4.78 is 0. The summed E-state index contributed by atoms with van der Waals surface area (Å²) in [6, 6.07) is 16.2. The third-order valence-electron chi connectivity index (χ3n) is 3.60. The summed E-state index contributed by atoms with van der Waals surface area (Å²) in [6.07, 6.45) is 0.928. The molecule has 3 nitrogen and oxygen atoms in total. The molecule has 0 unspecified atom stereocenters. The zero-order valence-electron chi connectivity index (χ0n) is 12.6. The summed E-state index contributed by atoms with van der Waals surface area (Å²) in [6.45, 7) is 5.20. The van der Waals surface area contributed by atoms with Crippen LogP contribution in [0.25, 0.3) is 0 Å². The molecule has 0 radical (unpaired) electrons. The van der Waals surface area contributed by atoms with E-state index in [4.69, 9.17) is 0 Å². The average molecular weight is 282 g/mol. The van der Waals surface area contributed by atoms with E-state index in [1.54, 1.807) is 0 Å². The van der Waals surface area contributed by atoms with E-state index in [0.29, 0.717) is 6.54 Å². The van der Waals surface area contributed by atoms with E-state index >= 15 is 0 Å². The molecule has 1 amide bonds. The molecule has 0 aliphatic heterocycles. The van der Waals surface area contributed by atoms with Crippen LogP contribution in [-0.4, -0.2) is 19.0 Å². The number of nitrogens with one attached hydrogen (secondary N) is 2. The van der Waals surface area contributed by atoms with Gasteiger partial charge in [0, 0.05) is 5.69 Å². The van der Waals surface area contributed by atoms with E-state index in [1.807, 2.05) is 50.2 Å². The molecule has 2 aromatic carbocycles. The van der Waals surface area contributed by atoms with Crippen molar-refractivity contribution in [3.8, 4) is 0 Å². The van der Waals surface area contributed by atoms with Gasteiger partial charge in [0.05, 0.1) is 6.54 Å². The van der Waals surface area contributed by atoms with Crippen LogP contribution in [0.3, 0.4) is 0 Å². The number of carbonyl (C=O) groups is 1. The topological polar surface area (TPSA) is 41.1 Å². The highest BCUT2D eigenvalue weighted by atomic mass is 16.1. The second-order valence-electron chi connectivity index (χ2n) is 5.21. The molecule has 0 saturated heterocycles. The molecule has 0 atom stereocenters. The lowest BCUT2D eigenvalue weighted by molar-refractivity contribution is -0.115. The molecule has 0 heterocycles. The molecule has 2 aromatic rings. The van der Waals surface area contributed by atoms with Crippen LogP contribution in [0.1, 0.15) is 16.7 Å². The fourth-order valence-electron chi connectivity index (χ4n) is 2.16. The zero-order chi connectivity index (χ0) is 15.1. The van der Waals surface area contributed by atoms with Crippen molar-refractivity contribution in [2.45, 2.75) is 20.3 Å². The zero-order valence-corrected chi connectivity index (χ0v) is 12.6. The van der Waals surface area contributed by atoms with Crippen molar-refractivity contribution in [1.29, 1.82) is 0 Å². The van der Waals surface area contributed by atoms with Gasteiger partial charge in [-0.25, -0.2) is 0 Å². The van der Waals surface area contributed by atoms with E-state index in [1.165, 1.54) is 11.1 Å². The molecule has 0 spiro atoms. The molecular formula is C18H22N2O. The second-order valence-corrected chi connectivity index (χ2v) is 5.21. The summed E-state index contributed by atoms with van der Waals surface area (Å²) in [7, 11) is 0. The largest absolute Gasteiger partial charge is 0.325 e. The summed E-state index contributed by atoms with van der Waals surface area (Å²) in [5, 5.41) is 6.12. The smallest absolute Gasteiger partial charge is 0.238 e. The van der Waals surface area contributed by atoms with Gasteiger partial charge in [-0.2, -0.15) is 0 Å². The van der Waals surface area contributed by atoms with Gasteiger partial charge >= 0.3 is 0 Å². The monoisotopic (exact) mass is 282 g/mol. The Balaban J connectivity index is 1.74. The Kier molecular flexibility index (Phi) is 5.52. The van der Waals surface area contributed by atoms with Crippen LogP contribution in [0.15, 0.2) is 48.5 Å². The Morgan fingerprint density at radius 2 is 1.76 bits per heavy atom. The minimum absolute atomic E-state index is 0.00300.